The lowest BCUT2D eigenvalue weighted by molar-refractivity contribution is 0.122. The lowest BCUT2D eigenvalue weighted by Crippen LogP contribution is -2.30. The molecule has 0 heterocycles. The van der Waals surface area contributed by atoms with E-state index >= 15 is 0 Å². The van der Waals surface area contributed by atoms with E-state index in [1.807, 2.05) is 6.92 Å². The van der Waals surface area contributed by atoms with Crippen molar-refractivity contribution >= 4 is 22.6 Å². The van der Waals surface area contributed by atoms with Gasteiger partial charge in [0.15, 0.2) is 0 Å². The quantitative estimate of drug-likeness (QED) is 0.435. The van der Waals surface area contributed by atoms with E-state index in [4.69, 9.17) is 0 Å². The predicted molar refractivity (Wildman–Crippen MR) is 57.2 cm³/mol. The third-order valence-corrected chi connectivity index (χ3v) is 2.42. The van der Waals surface area contributed by atoms with Crippen LogP contribution in [0.15, 0.2) is 0 Å². The van der Waals surface area contributed by atoms with Crippen molar-refractivity contribution in [3.8, 4) is 0 Å². The fourth-order valence-electron chi connectivity index (χ4n) is 1.01. The van der Waals surface area contributed by atoms with Crippen LogP contribution in [0.5, 0.6) is 0 Å². The molecule has 2 atom stereocenters. The van der Waals surface area contributed by atoms with E-state index in [1.165, 1.54) is 0 Å². The topological polar surface area (TPSA) is 32.3 Å². The van der Waals surface area contributed by atoms with E-state index in [9.17, 15) is 5.11 Å². The van der Waals surface area contributed by atoms with Crippen LogP contribution in [-0.4, -0.2) is 28.7 Å². The van der Waals surface area contributed by atoms with Gasteiger partial charge in [0.25, 0.3) is 0 Å². The van der Waals surface area contributed by atoms with Crippen LogP contribution in [0.2, 0.25) is 0 Å². The van der Waals surface area contributed by atoms with Gasteiger partial charge in [0.05, 0.1) is 6.10 Å². The van der Waals surface area contributed by atoms with Gasteiger partial charge in [-0.15, -0.1) is 0 Å². The molecule has 0 saturated heterocycles. The molecule has 3 heteroatoms. The third-order valence-electron chi connectivity index (χ3n) is 1.88. The average molecular weight is 271 g/mol. The molecule has 0 aliphatic rings. The first-order chi connectivity index (χ1) is 5.22. The smallest absolute Gasteiger partial charge is 0.0552 e. The highest BCUT2D eigenvalue weighted by Crippen LogP contribution is 2.06. The van der Waals surface area contributed by atoms with Gasteiger partial charge in [-0.1, -0.05) is 29.5 Å². The maximum Gasteiger partial charge on any atom is 0.0552 e. The summed E-state index contributed by atoms with van der Waals surface area (Å²) >= 11 is 2.34. The Hall–Kier alpha value is 0.650. The van der Waals surface area contributed by atoms with Gasteiger partial charge in [0.2, 0.25) is 0 Å². The average Bonchev–Trinajstić information content (AvgIpc) is 1.97. The third kappa shape index (κ3) is 5.87. The lowest BCUT2D eigenvalue weighted by atomic mass is 10.0. The van der Waals surface area contributed by atoms with Crippen LogP contribution in [0, 0.1) is 5.92 Å². The van der Waals surface area contributed by atoms with Crippen LogP contribution in [0.4, 0.5) is 0 Å². The Kier molecular flexibility index (Phi) is 7.74. The van der Waals surface area contributed by atoms with Crippen molar-refractivity contribution < 1.29 is 5.11 Å². The van der Waals surface area contributed by atoms with E-state index in [1.54, 1.807) is 0 Å². The van der Waals surface area contributed by atoms with Crippen molar-refractivity contribution in [2.24, 2.45) is 5.92 Å². The molecule has 0 aromatic carbocycles. The molecule has 0 amide bonds. The van der Waals surface area contributed by atoms with Crippen LogP contribution in [0.25, 0.3) is 0 Å². The first-order valence-electron chi connectivity index (χ1n) is 4.17. The van der Waals surface area contributed by atoms with Gasteiger partial charge in [0, 0.05) is 17.5 Å². The fourth-order valence-corrected chi connectivity index (χ4v) is 1.39. The van der Waals surface area contributed by atoms with Gasteiger partial charge in [0.1, 0.15) is 0 Å². The number of hydrogen-bond donors (Lipinski definition) is 2. The molecule has 0 radical (unpaired) electrons. The Morgan fingerprint density at radius 2 is 2.18 bits per heavy atom. The van der Waals surface area contributed by atoms with Crippen LogP contribution < -0.4 is 5.32 Å². The van der Waals surface area contributed by atoms with Crippen LogP contribution in [-0.2, 0) is 0 Å². The fraction of sp³-hybridized carbons (Fsp3) is 1.00. The summed E-state index contributed by atoms with van der Waals surface area (Å²) in [6.07, 6.45) is 0.869. The van der Waals surface area contributed by atoms with Crippen LogP contribution in [0.1, 0.15) is 20.3 Å². The second-order valence-electron chi connectivity index (χ2n) is 2.80. The first kappa shape index (κ1) is 11.6. The molecule has 2 N–H and O–H groups in total. The summed E-state index contributed by atoms with van der Waals surface area (Å²) in [5.74, 6) is 0.415. The molecule has 0 aliphatic heterocycles. The van der Waals surface area contributed by atoms with Gasteiger partial charge >= 0.3 is 0 Å². The molecule has 0 spiro atoms. The molecular formula is C8H18INO. The zero-order valence-electron chi connectivity index (χ0n) is 7.31. The zero-order valence-corrected chi connectivity index (χ0v) is 9.47. The summed E-state index contributed by atoms with van der Waals surface area (Å²) < 4.78 is 1.13. The van der Waals surface area contributed by atoms with E-state index in [0.717, 1.165) is 23.9 Å². The van der Waals surface area contributed by atoms with Crippen molar-refractivity contribution in [1.29, 1.82) is 0 Å². The molecule has 0 aromatic rings. The number of aliphatic hydroxyl groups excluding tert-OH is 1. The summed E-state index contributed by atoms with van der Waals surface area (Å²) in [5.41, 5.74) is 0. The maximum atomic E-state index is 9.27. The minimum atomic E-state index is -0.179. The molecule has 0 bridgehead atoms. The Morgan fingerprint density at radius 3 is 2.55 bits per heavy atom. The van der Waals surface area contributed by atoms with Gasteiger partial charge in [-0.2, -0.15) is 0 Å². The van der Waals surface area contributed by atoms with Crippen LogP contribution in [0.3, 0.4) is 0 Å². The normalized spacial score (nSPS) is 16.4. The first-order valence-corrected chi connectivity index (χ1v) is 5.69. The Balaban J connectivity index is 3.36. The Bertz CT molecular complexity index is 88.2. The molecule has 0 fully saturated rings. The number of halogens is 1. The number of rotatable bonds is 6. The lowest BCUT2D eigenvalue weighted by Gasteiger charge is -2.17. The van der Waals surface area contributed by atoms with E-state index in [2.05, 4.69) is 34.8 Å². The van der Waals surface area contributed by atoms with Crippen molar-refractivity contribution in [2.75, 3.05) is 17.5 Å². The summed E-state index contributed by atoms with van der Waals surface area (Å²) in [7, 11) is 0. The highest BCUT2D eigenvalue weighted by atomic mass is 127. The second kappa shape index (κ2) is 7.31. The highest BCUT2D eigenvalue weighted by molar-refractivity contribution is 14.1. The molecule has 0 rings (SSSR count). The molecule has 2 nitrogen and oxygen atoms in total. The van der Waals surface area contributed by atoms with Crippen molar-refractivity contribution in [3.05, 3.63) is 0 Å². The standard InChI is InChI=1S/C8H18INO/c1-3-8(7(2)11)6-10-5-4-9/h7-8,10-11H,3-6H2,1-2H3. The van der Waals surface area contributed by atoms with Gasteiger partial charge < -0.3 is 10.4 Å². The zero-order chi connectivity index (χ0) is 8.69. The minimum absolute atomic E-state index is 0.179. The molecule has 68 valence electrons. The van der Waals surface area contributed by atoms with Gasteiger partial charge in [-0.3, -0.25) is 0 Å². The second-order valence-corrected chi connectivity index (χ2v) is 3.88. The number of hydrogen-bond acceptors (Lipinski definition) is 2. The molecule has 2 unspecified atom stereocenters. The highest BCUT2D eigenvalue weighted by Gasteiger charge is 2.10. The maximum absolute atomic E-state index is 9.27. The van der Waals surface area contributed by atoms with Crippen molar-refractivity contribution in [2.45, 2.75) is 26.4 Å². The summed E-state index contributed by atoms with van der Waals surface area (Å²) in [4.78, 5) is 0. The molecule has 0 saturated carbocycles. The van der Waals surface area contributed by atoms with E-state index in [0.29, 0.717) is 5.92 Å². The van der Waals surface area contributed by atoms with Gasteiger partial charge in [-0.05, 0) is 19.3 Å². The summed E-state index contributed by atoms with van der Waals surface area (Å²) in [5, 5.41) is 12.6. The Labute approximate surface area is 82.9 Å². The van der Waals surface area contributed by atoms with Crippen molar-refractivity contribution in [1.82, 2.24) is 5.32 Å². The molecule has 0 aromatic heterocycles. The summed E-state index contributed by atoms with van der Waals surface area (Å²) in [6, 6.07) is 0. The van der Waals surface area contributed by atoms with Crippen LogP contribution >= 0.6 is 22.6 Å². The van der Waals surface area contributed by atoms with Crippen molar-refractivity contribution in [3.63, 3.8) is 0 Å². The number of alkyl halides is 1. The molecule has 11 heavy (non-hydrogen) atoms. The van der Waals surface area contributed by atoms with Gasteiger partial charge in [-0.25, -0.2) is 0 Å². The minimum Gasteiger partial charge on any atom is -0.393 e. The molecule has 0 aliphatic carbocycles. The monoisotopic (exact) mass is 271 g/mol. The summed E-state index contributed by atoms with van der Waals surface area (Å²) in [6.45, 7) is 5.96. The predicted octanol–water partition coefficient (Wildman–Crippen LogP) is 1.42. The van der Waals surface area contributed by atoms with E-state index < -0.39 is 0 Å². The largest absolute Gasteiger partial charge is 0.393 e. The molecular weight excluding hydrogens is 253 g/mol. The van der Waals surface area contributed by atoms with E-state index in [-0.39, 0.29) is 6.10 Å². The number of nitrogens with one attached hydrogen (secondary N) is 1. The Morgan fingerprint density at radius 1 is 1.55 bits per heavy atom. The number of aliphatic hydroxyl groups is 1. The SMILES string of the molecule is CCC(CNCCI)C(C)O.